The summed E-state index contributed by atoms with van der Waals surface area (Å²) in [5.41, 5.74) is 0.847. The minimum atomic E-state index is -0.996. The highest BCUT2D eigenvalue weighted by Gasteiger charge is 2.34. The number of carboxylic acids is 1. The number of nitrogens with one attached hydrogen (secondary N) is 1. The molecule has 3 heterocycles. The molecule has 2 aromatic heterocycles. The highest BCUT2D eigenvalue weighted by Crippen LogP contribution is 2.27. The first kappa shape index (κ1) is 18.4. The number of carboxylic acid groups (broad SMARTS) is 1. The van der Waals surface area contributed by atoms with Gasteiger partial charge in [-0.2, -0.15) is 5.10 Å². The van der Waals surface area contributed by atoms with Crippen LogP contribution in [-0.4, -0.2) is 56.2 Å². The number of amides is 2. The fourth-order valence-corrected chi connectivity index (χ4v) is 4.37. The molecule has 1 unspecified atom stereocenters. The lowest BCUT2D eigenvalue weighted by Crippen LogP contribution is -2.54. The van der Waals surface area contributed by atoms with Gasteiger partial charge in [-0.3, -0.25) is 14.3 Å². The second kappa shape index (κ2) is 7.06. The summed E-state index contributed by atoms with van der Waals surface area (Å²) in [6.45, 7) is 3.88. The monoisotopic (exact) mass is 378 g/mol. The van der Waals surface area contributed by atoms with Crippen molar-refractivity contribution in [3.8, 4) is 0 Å². The van der Waals surface area contributed by atoms with Crippen molar-refractivity contribution in [3.05, 3.63) is 16.6 Å². The van der Waals surface area contributed by atoms with Crippen molar-refractivity contribution >= 4 is 39.3 Å². The number of aromatic nitrogens is 2. The van der Waals surface area contributed by atoms with Gasteiger partial charge in [0.15, 0.2) is 0 Å². The normalized spacial score (nSPS) is 18.7. The maximum Gasteiger partial charge on any atom is 0.326 e. The van der Waals surface area contributed by atoms with Crippen LogP contribution in [0.1, 0.15) is 41.6 Å². The molecule has 0 aliphatic carbocycles. The predicted octanol–water partition coefficient (Wildman–Crippen LogP) is 1.53. The summed E-state index contributed by atoms with van der Waals surface area (Å²) >= 11 is 1.32. The summed E-state index contributed by atoms with van der Waals surface area (Å²) in [5.74, 6) is -1.69. The third-order valence-corrected chi connectivity index (χ3v) is 5.91. The number of piperidine rings is 1. The molecular formula is C17H22N4O4S. The van der Waals surface area contributed by atoms with Gasteiger partial charge >= 0.3 is 5.97 Å². The molecule has 0 saturated carbocycles. The van der Waals surface area contributed by atoms with E-state index in [4.69, 9.17) is 0 Å². The molecule has 1 aliphatic heterocycles. The van der Waals surface area contributed by atoms with Gasteiger partial charge in [-0.15, -0.1) is 11.3 Å². The van der Waals surface area contributed by atoms with Gasteiger partial charge in [-0.05, 0) is 39.2 Å². The summed E-state index contributed by atoms with van der Waals surface area (Å²) < 4.78 is 1.73. The van der Waals surface area contributed by atoms with E-state index >= 15 is 0 Å². The van der Waals surface area contributed by atoms with Crippen LogP contribution in [-0.2, 0) is 16.6 Å². The first-order valence-electron chi connectivity index (χ1n) is 8.57. The van der Waals surface area contributed by atoms with Crippen molar-refractivity contribution < 1.29 is 19.5 Å². The quantitative estimate of drug-likeness (QED) is 0.839. The molecule has 2 aromatic rings. The highest BCUT2D eigenvalue weighted by atomic mass is 32.1. The predicted molar refractivity (Wildman–Crippen MR) is 97.2 cm³/mol. The van der Waals surface area contributed by atoms with Crippen LogP contribution < -0.4 is 5.32 Å². The summed E-state index contributed by atoms with van der Waals surface area (Å²) in [7, 11) is 1.82. The minimum Gasteiger partial charge on any atom is -0.480 e. The van der Waals surface area contributed by atoms with Crippen molar-refractivity contribution in [3.63, 3.8) is 0 Å². The Morgan fingerprint density at radius 1 is 1.38 bits per heavy atom. The number of fused-ring (bicyclic) bond motifs is 1. The number of likely N-dealkylation sites (tertiary alicyclic amines) is 1. The lowest BCUT2D eigenvalue weighted by Gasteiger charge is -2.34. The van der Waals surface area contributed by atoms with Crippen LogP contribution in [0.15, 0.2) is 6.07 Å². The Morgan fingerprint density at radius 3 is 2.77 bits per heavy atom. The van der Waals surface area contributed by atoms with Crippen LogP contribution in [0.2, 0.25) is 0 Å². The van der Waals surface area contributed by atoms with E-state index < -0.39 is 18.1 Å². The van der Waals surface area contributed by atoms with E-state index in [0.29, 0.717) is 17.8 Å². The molecule has 2 amide bonds. The summed E-state index contributed by atoms with van der Waals surface area (Å²) in [6, 6.07) is 0.177. The molecule has 8 nitrogen and oxygen atoms in total. The van der Waals surface area contributed by atoms with E-state index in [-0.39, 0.29) is 11.8 Å². The SMILES string of the molecule is Cc1nn(C)c2sc(C(=O)NC(C)C(=O)N3CCCC[C@@H]3C(=O)O)cc12. The van der Waals surface area contributed by atoms with Crippen molar-refractivity contribution in [2.75, 3.05) is 6.54 Å². The Labute approximate surface area is 154 Å². The fourth-order valence-electron chi connectivity index (χ4n) is 3.35. The average molecular weight is 378 g/mol. The molecule has 9 heteroatoms. The number of thiophene rings is 1. The van der Waals surface area contributed by atoms with Crippen LogP contribution in [0.3, 0.4) is 0 Å². The lowest BCUT2D eigenvalue weighted by molar-refractivity contribution is -0.152. The number of aliphatic carboxylic acids is 1. The van der Waals surface area contributed by atoms with Gasteiger partial charge in [0.2, 0.25) is 5.91 Å². The Morgan fingerprint density at radius 2 is 2.12 bits per heavy atom. The van der Waals surface area contributed by atoms with Gasteiger partial charge in [-0.25, -0.2) is 4.79 Å². The molecule has 0 aromatic carbocycles. The lowest BCUT2D eigenvalue weighted by atomic mass is 10.0. The van der Waals surface area contributed by atoms with Gasteiger partial charge in [-0.1, -0.05) is 0 Å². The smallest absolute Gasteiger partial charge is 0.326 e. The number of aryl methyl sites for hydroxylation is 2. The molecule has 0 radical (unpaired) electrons. The zero-order valence-corrected chi connectivity index (χ0v) is 15.8. The van der Waals surface area contributed by atoms with E-state index in [2.05, 4.69) is 10.4 Å². The standard InChI is InChI=1S/C17H22N4O4S/c1-9-11-8-13(26-16(11)20(3)19-9)14(22)18-10(2)15(23)21-7-5-4-6-12(21)17(24)25/h8,10,12H,4-7H2,1-3H3,(H,18,22)(H,24,25)/t10?,12-/m1/s1. The molecule has 2 atom stereocenters. The van der Waals surface area contributed by atoms with Crippen LogP contribution in [0.4, 0.5) is 0 Å². The van der Waals surface area contributed by atoms with Gasteiger partial charge in [0.1, 0.15) is 16.9 Å². The largest absolute Gasteiger partial charge is 0.480 e. The number of hydrogen-bond acceptors (Lipinski definition) is 5. The maximum atomic E-state index is 12.6. The Kier molecular flexibility index (Phi) is 4.99. The Hall–Kier alpha value is -2.42. The second-order valence-corrected chi connectivity index (χ2v) is 7.65. The molecule has 0 bridgehead atoms. The van der Waals surface area contributed by atoms with Gasteiger partial charge in [0.25, 0.3) is 5.91 Å². The molecule has 1 fully saturated rings. The number of carbonyl (C=O) groups excluding carboxylic acids is 2. The molecule has 1 saturated heterocycles. The van der Waals surface area contributed by atoms with Crippen LogP contribution in [0, 0.1) is 6.92 Å². The molecule has 26 heavy (non-hydrogen) atoms. The highest BCUT2D eigenvalue weighted by molar-refractivity contribution is 7.20. The van der Waals surface area contributed by atoms with E-state index in [1.165, 1.54) is 16.2 Å². The van der Waals surface area contributed by atoms with E-state index in [1.807, 2.05) is 14.0 Å². The van der Waals surface area contributed by atoms with Crippen molar-refractivity contribution in [2.24, 2.45) is 7.05 Å². The van der Waals surface area contributed by atoms with Crippen LogP contribution in [0.25, 0.3) is 10.2 Å². The van der Waals surface area contributed by atoms with Crippen molar-refractivity contribution in [1.29, 1.82) is 0 Å². The first-order chi connectivity index (χ1) is 12.3. The molecule has 0 spiro atoms. The molecule has 140 valence electrons. The molecule has 2 N–H and O–H groups in total. The third kappa shape index (κ3) is 3.31. The molecular weight excluding hydrogens is 356 g/mol. The first-order valence-corrected chi connectivity index (χ1v) is 9.38. The maximum absolute atomic E-state index is 12.6. The fraction of sp³-hybridized carbons (Fsp3) is 0.529. The Bertz CT molecular complexity index is 837. The summed E-state index contributed by atoms with van der Waals surface area (Å²) in [6.07, 6.45) is 2.01. The van der Waals surface area contributed by atoms with E-state index in [1.54, 1.807) is 17.7 Å². The topological polar surface area (TPSA) is 105 Å². The average Bonchev–Trinajstić information content (AvgIpc) is 3.16. The number of nitrogens with zero attached hydrogens (tertiary/aromatic N) is 3. The van der Waals surface area contributed by atoms with Crippen LogP contribution >= 0.6 is 11.3 Å². The zero-order chi connectivity index (χ0) is 19.0. The number of rotatable bonds is 4. The number of carbonyl (C=O) groups is 3. The summed E-state index contributed by atoms with van der Waals surface area (Å²) in [5, 5.41) is 17.2. The Balaban J connectivity index is 1.72. The third-order valence-electron chi connectivity index (χ3n) is 4.71. The van der Waals surface area contributed by atoms with E-state index in [9.17, 15) is 19.5 Å². The van der Waals surface area contributed by atoms with Gasteiger partial charge in [0.05, 0.1) is 10.6 Å². The molecule has 3 rings (SSSR count). The molecule has 1 aliphatic rings. The minimum absolute atomic E-state index is 0.338. The number of hydrogen-bond donors (Lipinski definition) is 2. The second-order valence-electron chi connectivity index (χ2n) is 6.62. The van der Waals surface area contributed by atoms with Gasteiger partial charge in [0, 0.05) is 19.0 Å². The van der Waals surface area contributed by atoms with Crippen LogP contribution in [0.5, 0.6) is 0 Å². The van der Waals surface area contributed by atoms with Crippen molar-refractivity contribution in [1.82, 2.24) is 20.0 Å². The summed E-state index contributed by atoms with van der Waals surface area (Å²) in [4.78, 5) is 39.3. The van der Waals surface area contributed by atoms with Gasteiger partial charge < -0.3 is 15.3 Å². The van der Waals surface area contributed by atoms with Crippen molar-refractivity contribution in [2.45, 2.75) is 45.2 Å². The zero-order valence-electron chi connectivity index (χ0n) is 15.0. The van der Waals surface area contributed by atoms with E-state index in [0.717, 1.165) is 28.8 Å².